The van der Waals surface area contributed by atoms with Crippen molar-refractivity contribution in [1.29, 1.82) is 0 Å². The van der Waals surface area contributed by atoms with Crippen LogP contribution in [0.25, 0.3) is 0 Å². The van der Waals surface area contributed by atoms with Crippen LogP contribution < -0.4 is 14.8 Å². The highest BCUT2D eigenvalue weighted by atomic mass is 32.2. The van der Waals surface area contributed by atoms with Gasteiger partial charge in [-0.05, 0) is 43.6 Å². The minimum Gasteiger partial charge on any atom is -0.493 e. The Kier molecular flexibility index (Phi) is 7.66. The second-order valence-corrected chi connectivity index (χ2v) is 8.42. The number of hydrogen-bond donors (Lipinski definition) is 1. The first-order valence-electron chi connectivity index (χ1n) is 10.2. The van der Waals surface area contributed by atoms with Crippen LogP contribution in [0.4, 0.5) is 0 Å². The number of carbonyl (C=O) groups is 2. The molecule has 2 aliphatic rings. The quantitative estimate of drug-likeness (QED) is 0.694. The molecule has 0 saturated carbocycles. The monoisotopic (exact) mass is 421 g/mol. The third-order valence-electron chi connectivity index (χ3n) is 5.51. The minimum absolute atomic E-state index is 0.0190. The predicted molar refractivity (Wildman–Crippen MR) is 114 cm³/mol. The van der Waals surface area contributed by atoms with Gasteiger partial charge in [-0.3, -0.25) is 9.59 Å². The fourth-order valence-corrected chi connectivity index (χ4v) is 5.36. The minimum atomic E-state index is -0.455. The van der Waals surface area contributed by atoms with Crippen LogP contribution >= 0.6 is 11.8 Å². The molecule has 1 N–H and O–H groups in total. The van der Waals surface area contributed by atoms with Gasteiger partial charge in [-0.1, -0.05) is 13.0 Å². The van der Waals surface area contributed by atoms with E-state index in [1.165, 1.54) is 12.8 Å². The number of nitrogens with zero attached hydrogens (tertiary/aromatic N) is 2. The van der Waals surface area contributed by atoms with Gasteiger partial charge in [-0.2, -0.15) is 0 Å². The highest BCUT2D eigenvalue weighted by Gasteiger charge is 2.41. The molecule has 0 spiro atoms. The van der Waals surface area contributed by atoms with E-state index in [2.05, 4.69) is 10.2 Å². The maximum atomic E-state index is 12.9. The van der Waals surface area contributed by atoms with Crippen molar-refractivity contribution in [3.05, 3.63) is 23.8 Å². The summed E-state index contributed by atoms with van der Waals surface area (Å²) in [5, 5.41) is 2.83. The number of nitrogens with one attached hydrogen (secondary N) is 1. The van der Waals surface area contributed by atoms with E-state index in [4.69, 9.17) is 9.47 Å². The van der Waals surface area contributed by atoms with Crippen LogP contribution in [0, 0.1) is 0 Å². The van der Waals surface area contributed by atoms with Crippen LogP contribution in [0.2, 0.25) is 0 Å². The second kappa shape index (κ2) is 10.2. The molecular formula is C21H31N3O4S. The Morgan fingerprint density at radius 2 is 1.90 bits per heavy atom. The molecule has 160 valence electrons. The number of amides is 2. The van der Waals surface area contributed by atoms with E-state index in [0.29, 0.717) is 30.2 Å². The number of benzene rings is 1. The molecule has 0 bridgehead atoms. The highest BCUT2D eigenvalue weighted by molar-refractivity contribution is 7.99. The Morgan fingerprint density at radius 1 is 1.17 bits per heavy atom. The SMILES string of the molecule is CCC(=O)N1C(C(=O)NCCN2CCCC2)CSC1c1ccc(OC)c(OC)c1. The Morgan fingerprint density at radius 3 is 2.55 bits per heavy atom. The molecule has 1 aromatic carbocycles. The number of hydrogen-bond acceptors (Lipinski definition) is 6. The fraction of sp³-hybridized carbons (Fsp3) is 0.619. The van der Waals surface area contributed by atoms with Crippen molar-refractivity contribution < 1.29 is 19.1 Å². The number of likely N-dealkylation sites (tertiary alicyclic amines) is 1. The Bertz CT molecular complexity index is 724. The number of rotatable bonds is 8. The molecule has 2 unspecified atom stereocenters. The van der Waals surface area contributed by atoms with Crippen molar-refractivity contribution in [2.75, 3.05) is 46.2 Å². The van der Waals surface area contributed by atoms with Crippen LogP contribution in [-0.4, -0.2) is 73.8 Å². The van der Waals surface area contributed by atoms with Crippen molar-refractivity contribution in [1.82, 2.24) is 15.1 Å². The van der Waals surface area contributed by atoms with Gasteiger partial charge >= 0.3 is 0 Å². The summed E-state index contributed by atoms with van der Waals surface area (Å²) in [7, 11) is 3.19. The normalized spacial score (nSPS) is 22.0. The summed E-state index contributed by atoms with van der Waals surface area (Å²) in [6.07, 6.45) is 2.83. The van der Waals surface area contributed by atoms with Crippen LogP contribution in [0.15, 0.2) is 18.2 Å². The number of ether oxygens (including phenoxy) is 2. The fourth-order valence-electron chi connectivity index (χ4n) is 3.92. The van der Waals surface area contributed by atoms with Crippen LogP contribution in [-0.2, 0) is 9.59 Å². The average molecular weight is 422 g/mol. The van der Waals surface area contributed by atoms with Gasteiger partial charge < -0.3 is 24.6 Å². The lowest BCUT2D eigenvalue weighted by Gasteiger charge is -2.29. The van der Waals surface area contributed by atoms with Gasteiger partial charge in [0.2, 0.25) is 11.8 Å². The molecule has 2 aliphatic heterocycles. The van der Waals surface area contributed by atoms with E-state index in [0.717, 1.165) is 25.2 Å². The first-order valence-corrected chi connectivity index (χ1v) is 11.3. The largest absolute Gasteiger partial charge is 0.493 e. The summed E-state index contributed by atoms with van der Waals surface area (Å²) < 4.78 is 10.7. The zero-order valence-corrected chi connectivity index (χ0v) is 18.3. The van der Waals surface area contributed by atoms with Crippen molar-refractivity contribution in [3.63, 3.8) is 0 Å². The van der Waals surface area contributed by atoms with Gasteiger partial charge in [0.15, 0.2) is 11.5 Å². The summed E-state index contributed by atoms with van der Waals surface area (Å²) >= 11 is 1.61. The lowest BCUT2D eigenvalue weighted by Crippen LogP contribution is -2.49. The van der Waals surface area contributed by atoms with E-state index in [-0.39, 0.29) is 17.2 Å². The van der Waals surface area contributed by atoms with E-state index >= 15 is 0 Å². The summed E-state index contributed by atoms with van der Waals surface area (Å²) in [6.45, 7) is 5.54. The maximum Gasteiger partial charge on any atom is 0.243 e. The van der Waals surface area contributed by atoms with Crippen molar-refractivity contribution in [2.45, 2.75) is 37.6 Å². The summed E-state index contributed by atoms with van der Waals surface area (Å²) in [6, 6.07) is 5.21. The molecule has 29 heavy (non-hydrogen) atoms. The van der Waals surface area contributed by atoms with E-state index in [9.17, 15) is 9.59 Å². The molecule has 0 aromatic heterocycles. The number of carbonyl (C=O) groups excluding carboxylic acids is 2. The maximum absolute atomic E-state index is 12.9. The summed E-state index contributed by atoms with van der Waals surface area (Å²) in [4.78, 5) is 29.7. The van der Waals surface area contributed by atoms with Crippen molar-refractivity contribution >= 4 is 23.6 Å². The third kappa shape index (κ3) is 4.98. The van der Waals surface area contributed by atoms with Gasteiger partial charge in [0, 0.05) is 25.3 Å². The van der Waals surface area contributed by atoms with E-state index < -0.39 is 6.04 Å². The molecule has 8 heteroatoms. The van der Waals surface area contributed by atoms with Gasteiger partial charge in [0.25, 0.3) is 0 Å². The summed E-state index contributed by atoms with van der Waals surface area (Å²) in [5.74, 6) is 1.76. The topological polar surface area (TPSA) is 71.1 Å². The van der Waals surface area contributed by atoms with Crippen molar-refractivity contribution in [3.8, 4) is 11.5 Å². The van der Waals surface area contributed by atoms with Crippen LogP contribution in [0.5, 0.6) is 11.5 Å². The Hall–Kier alpha value is -1.93. The van der Waals surface area contributed by atoms with E-state index in [1.807, 2.05) is 25.1 Å². The first kappa shape index (κ1) is 21.8. The average Bonchev–Trinajstić information content (AvgIpc) is 3.42. The van der Waals surface area contributed by atoms with Gasteiger partial charge in [-0.15, -0.1) is 11.8 Å². The van der Waals surface area contributed by atoms with Gasteiger partial charge in [0.05, 0.1) is 14.2 Å². The lowest BCUT2D eigenvalue weighted by atomic mass is 10.1. The molecule has 0 aliphatic carbocycles. The zero-order valence-electron chi connectivity index (χ0n) is 17.5. The molecule has 2 heterocycles. The Labute approximate surface area is 177 Å². The van der Waals surface area contributed by atoms with Gasteiger partial charge in [-0.25, -0.2) is 0 Å². The van der Waals surface area contributed by atoms with E-state index in [1.54, 1.807) is 30.9 Å². The van der Waals surface area contributed by atoms with Crippen LogP contribution in [0.1, 0.15) is 37.1 Å². The molecule has 1 aromatic rings. The standard InChI is InChI=1S/C21H31N3O4S/c1-4-19(25)24-16(20(26)22-9-12-23-10-5-6-11-23)14-29-21(24)15-7-8-17(27-2)18(13-15)28-3/h7-8,13,16,21H,4-6,9-12,14H2,1-3H3,(H,22,26). The smallest absolute Gasteiger partial charge is 0.243 e. The molecule has 7 nitrogen and oxygen atoms in total. The molecule has 0 radical (unpaired) electrons. The zero-order chi connectivity index (χ0) is 20.8. The molecule has 2 atom stereocenters. The molecule has 2 amide bonds. The molecule has 2 fully saturated rings. The lowest BCUT2D eigenvalue weighted by molar-refractivity contribution is -0.139. The first-order chi connectivity index (χ1) is 14.1. The predicted octanol–water partition coefficient (Wildman–Crippen LogP) is 2.27. The Balaban J connectivity index is 1.71. The second-order valence-electron chi connectivity index (χ2n) is 7.31. The molecule has 3 rings (SSSR count). The number of methoxy groups -OCH3 is 2. The van der Waals surface area contributed by atoms with Crippen molar-refractivity contribution in [2.24, 2.45) is 0 Å². The molecule has 2 saturated heterocycles. The number of thioether (sulfide) groups is 1. The summed E-state index contributed by atoms with van der Waals surface area (Å²) in [5.41, 5.74) is 0.932. The van der Waals surface area contributed by atoms with Gasteiger partial charge in [0.1, 0.15) is 11.4 Å². The third-order valence-corrected chi connectivity index (χ3v) is 6.84. The highest BCUT2D eigenvalue weighted by Crippen LogP contribution is 2.44. The van der Waals surface area contributed by atoms with Crippen LogP contribution in [0.3, 0.4) is 0 Å². The molecular weight excluding hydrogens is 390 g/mol.